The molecule has 1 fully saturated rings. The van der Waals surface area contributed by atoms with Gasteiger partial charge in [0.15, 0.2) is 0 Å². The van der Waals surface area contributed by atoms with Crippen molar-refractivity contribution >= 4 is 21.4 Å². The highest BCUT2D eigenvalue weighted by atomic mass is 32.2. The van der Waals surface area contributed by atoms with Crippen LogP contribution in [0.1, 0.15) is 25.7 Å². The summed E-state index contributed by atoms with van der Waals surface area (Å²) in [6, 6.07) is 5.28. The number of nitrogens with zero attached hydrogens (tertiary/aromatic N) is 2. The zero-order chi connectivity index (χ0) is 12.3. The van der Waals surface area contributed by atoms with Crippen molar-refractivity contribution in [2.24, 2.45) is 0 Å². The van der Waals surface area contributed by atoms with Crippen LogP contribution in [0.5, 0.6) is 0 Å². The Hall–Kier alpha value is -0.900. The van der Waals surface area contributed by atoms with Gasteiger partial charge in [-0.15, -0.1) is 11.3 Å². The van der Waals surface area contributed by atoms with Crippen molar-refractivity contribution in [1.82, 2.24) is 4.31 Å². The van der Waals surface area contributed by atoms with Gasteiger partial charge in [0.25, 0.3) is 10.0 Å². The minimum Gasteiger partial charge on any atom is -0.206 e. The molecule has 1 heterocycles. The van der Waals surface area contributed by atoms with Crippen LogP contribution in [0.15, 0.2) is 21.7 Å². The Labute approximate surface area is 106 Å². The van der Waals surface area contributed by atoms with Gasteiger partial charge in [0.1, 0.15) is 10.8 Å². The standard InChI is InChI=1S/C11H14N2O2S2/c12-7-8-13(10-4-1-2-5-10)17(14,15)11-6-3-9-16-11/h3,6,9-10H,1-2,4-5,8H2. The first kappa shape index (κ1) is 12.6. The van der Waals surface area contributed by atoms with Crippen molar-refractivity contribution in [3.8, 4) is 6.07 Å². The summed E-state index contributed by atoms with van der Waals surface area (Å²) in [6.45, 7) is -0.0507. The molecule has 6 heteroatoms. The van der Waals surface area contributed by atoms with Crippen LogP contribution in [0.4, 0.5) is 0 Å². The van der Waals surface area contributed by atoms with Crippen molar-refractivity contribution in [3.05, 3.63) is 17.5 Å². The predicted octanol–water partition coefficient (Wildman–Crippen LogP) is 2.20. The third-order valence-electron chi connectivity index (χ3n) is 3.02. The van der Waals surface area contributed by atoms with Gasteiger partial charge in [0.2, 0.25) is 0 Å². The van der Waals surface area contributed by atoms with E-state index in [1.165, 1.54) is 15.6 Å². The van der Waals surface area contributed by atoms with E-state index in [1.54, 1.807) is 17.5 Å². The van der Waals surface area contributed by atoms with Crippen LogP contribution in [-0.2, 0) is 10.0 Å². The van der Waals surface area contributed by atoms with Crippen LogP contribution in [-0.4, -0.2) is 25.3 Å². The topological polar surface area (TPSA) is 61.2 Å². The average Bonchev–Trinajstić information content (AvgIpc) is 2.97. The molecule has 0 spiro atoms. The molecule has 17 heavy (non-hydrogen) atoms. The van der Waals surface area contributed by atoms with E-state index in [9.17, 15) is 8.42 Å². The first-order valence-electron chi connectivity index (χ1n) is 5.58. The molecule has 0 amide bonds. The maximum atomic E-state index is 12.4. The van der Waals surface area contributed by atoms with Gasteiger partial charge in [-0.2, -0.15) is 9.57 Å². The summed E-state index contributed by atoms with van der Waals surface area (Å²) in [5, 5.41) is 10.5. The number of rotatable bonds is 4. The van der Waals surface area contributed by atoms with Gasteiger partial charge in [-0.25, -0.2) is 8.42 Å². The SMILES string of the molecule is N#CCN(C1CCCC1)S(=O)(=O)c1cccs1. The summed E-state index contributed by atoms with van der Waals surface area (Å²) in [6.07, 6.45) is 3.83. The second-order valence-electron chi connectivity index (χ2n) is 4.08. The predicted molar refractivity (Wildman–Crippen MR) is 66.1 cm³/mol. The number of thiophene rings is 1. The Balaban J connectivity index is 2.30. The zero-order valence-corrected chi connectivity index (χ0v) is 11.0. The summed E-state index contributed by atoms with van der Waals surface area (Å²) < 4.78 is 26.4. The van der Waals surface area contributed by atoms with E-state index < -0.39 is 10.0 Å². The summed E-state index contributed by atoms with van der Waals surface area (Å²) >= 11 is 1.20. The van der Waals surface area contributed by atoms with Crippen molar-refractivity contribution in [1.29, 1.82) is 5.26 Å². The van der Waals surface area contributed by atoms with E-state index in [-0.39, 0.29) is 12.6 Å². The third kappa shape index (κ3) is 2.51. The minimum absolute atomic E-state index is 0.00162. The second kappa shape index (κ2) is 5.17. The van der Waals surface area contributed by atoms with E-state index in [2.05, 4.69) is 0 Å². The molecule has 0 bridgehead atoms. The smallest absolute Gasteiger partial charge is 0.206 e. The van der Waals surface area contributed by atoms with E-state index in [1.807, 2.05) is 6.07 Å². The number of sulfonamides is 1. The fourth-order valence-electron chi connectivity index (χ4n) is 2.20. The molecule has 2 rings (SSSR count). The van der Waals surface area contributed by atoms with Crippen LogP contribution >= 0.6 is 11.3 Å². The summed E-state index contributed by atoms with van der Waals surface area (Å²) in [4.78, 5) is 0. The summed E-state index contributed by atoms with van der Waals surface area (Å²) in [7, 11) is -3.47. The third-order valence-corrected chi connectivity index (χ3v) is 6.29. The summed E-state index contributed by atoms with van der Waals surface area (Å²) in [5.74, 6) is 0. The lowest BCUT2D eigenvalue weighted by Gasteiger charge is -2.24. The van der Waals surface area contributed by atoms with Crippen LogP contribution in [0.25, 0.3) is 0 Å². The van der Waals surface area contributed by atoms with Gasteiger partial charge in [0, 0.05) is 6.04 Å². The van der Waals surface area contributed by atoms with E-state index in [0.717, 1.165) is 25.7 Å². The second-order valence-corrected chi connectivity index (χ2v) is 7.14. The normalized spacial score (nSPS) is 17.4. The number of hydrogen-bond donors (Lipinski definition) is 0. The molecule has 4 nitrogen and oxygen atoms in total. The lowest BCUT2D eigenvalue weighted by atomic mass is 10.2. The minimum atomic E-state index is -3.47. The van der Waals surface area contributed by atoms with E-state index >= 15 is 0 Å². The van der Waals surface area contributed by atoms with Crippen molar-refractivity contribution in [2.75, 3.05) is 6.54 Å². The Morgan fingerprint density at radius 1 is 1.47 bits per heavy atom. The highest BCUT2D eigenvalue weighted by Crippen LogP contribution is 2.29. The lowest BCUT2D eigenvalue weighted by Crippen LogP contribution is -2.38. The zero-order valence-electron chi connectivity index (χ0n) is 9.37. The summed E-state index contributed by atoms with van der Waals surface area (Å²) in [5.41, 5.74) is 0. The molecule has 1 aromatic rings. The Morgan fingerprint density at radius 2 is 2.18 bits per heavy atom. The van der Waals surface area contributed by atoms with Crippen LogP contribution in [0, 0.1) is 11.3 Å². The molecule has 0 atom stereocenters. The van der Waals surface area contributed by atoms with Crippen LogP contribution in [0.2, 0.25) is 0 Å². The molecule has 1 saturated carbocycles. The molecule has 92 valence electrons. The fourth-order valence-corrected chi connectivity index (χ4v) is 4.90. The molecule has 0 radical (unpaired) electrons. The first-order chi connectivity index (χ1) is 8.16. The highest BCUT2D eigenvalue weighted by molar-refractivity contribution is 7.91. The largest absolute Gasteiger partial charge is 0.253 e. The van der Waals surface area contributed by atoms with Gasteiger partial charge < -0.3 is 0 Å². The van der Waals surface area contributed by atoms with E-state index in [4.69, 9.17) is 5.26 Å². The quantitative estimate of drug-likeness (QED) is 0.788. The Bertz CT molecular complexity index is 496. The van der Waals surface area contributed by atoms with Crippen LogP contribution in [0.3, 0.4) is 0 Å². The average molecular weight is 270 g/mol. The number of hydrogen-bond acceptors (Lipinski definition) is 4. The Morgan fingerprint density at radius 3 is 2.71 bits per heavy atom. The van der Waals surface area contributed by atoms with Gasteiger partial charge in [-0.3, -0.25) is 0 Å². The van der Waals surface area contributed by atoms with Gasteiger partial charge >= 0.3 is 0 Å². The van der Waals surface area contributed by atoms with Gasteiger partial charge in [-0.05, 0) is 24.3 Å². The van der Waals surface area contributed by atoms with Crippen molar-refractivity contribution in [2.45, 2.75) is 35.9 Å². The molecule has 0 saturated heterocycles. The lowest BCUT2D eigenvalue weighted by molar-refractivity contribution is 0.351. The molecule has 0 unspecified atom stereocenters. The molecule has 0 aromatic carbocycles. The monoisotopic (exact) mass is 270 g/mol. The molecule has 1 aromatic heterocycles. The molecule has 1 aliphatic carbocycles. The Kier molecular flexibility index (Phi) is 3.82. The van der Waals surface area contributed by atoms with Crippen molar-refractivity contribution < 1.29 is 8.42 Å². The molecule has 0 aliphatic heterocycles. The number of nitriles is 1. The molecule has 0 N–H and O–H groups in total. The molecular weight excluding hydrogens is 256 g/mol. The first-order valence-corrected chi connectivity index (χ1v) is 7.90. The maximum absolute atomic E-state index is 12.4. The van der Waals surface area contributed by atoms with E-state index in [0.29, 0.717) is 4.21 Å². The maximum Gasteiger partial charge on any atom is 0.253 e. The molecular formula is C11H14N2O2S2. The fraction of sp³-hybridized carbons (Fsp3) is 0.545. The van der Waals surface area contributed by atoms with Crippen LogP contribution < -0.4 is 0 Å². The highest BCUT2D eigenvalue weighted by Gasteiger charge is 2.33. The van der Waals surface area contributed by atoms with Crippen molar-refractivity contribution in [3.63, 3.8) is 0 Å². The van der Waals surface area contributed by atoms with Gasteiger partial charge in [0.05, 0.1) is 6.07 Å². The molecule has 1 aliphatic rings. The van der Waals surface area contributed by atoms with Gasteiger partial charge in [-0.1, -0.05) is 18.9 Å².